The molecule has 2 nitrogen and oxygen atoms in total. The molecule has 1 aliphatic heterocycles. The van der Waals surface area contributed by atoms with Gasteiger partial charge in [0.1, 0.15) is 6.10 Å². The molecule has 0 aromatic carbocycles. The summed E-state index contributed by atoms with van der Waals surface area (Å²) in [6.07, 6.45) is 3.97. The van der Waals surface area contributed by atoms with Crippen molar-refractivity contribution in [2.45, 2.75) is 39.7 Å². The molecule has 1 aliphatic carbocycles. The molecule has 1 saturated carbocycles. The number of allylic oxidation sites excluding steroid dienone is 2. The van der Waals surface area contributed by atoms with Crippen LogP contribution in [0.15, 0.2) is 24.8 Å². The zero-order chi connectivity index (χ0) is 12.8. The molecule has 0 N–H and O–H groups in total. The first-order valence-corrected chi connectivity index (χ1v) is 6.38. The van der Waals surface area contributed by atoms with Crippen LogP contribution in [-0.4, -0.2) is 12.1 Å². The third-order valence-corrected chi connectivity index (χ3v) is 4.77. The average molecular weight is 234 g/mol. The van der Waals surface area contributed by atoms with Gasteiger partial charge in [0, 0.05) is 5.92 Å². The summed E-state index contributed by atoms with van der Waals surface area (Å²) >= 11 is 0. The minimum absolute atomic E-state index is 0.0112. The lowest BCUT2D eigenvalue weighted by Gasteiger charge is -2.44. The Labute approximate surface area is 104 Å². The molecule has 2 rings (SSSR count). The van der Waals surface area contributed by atoms with Crippen molar-refractivity contribution in [1.82, 2.24) is 0 Å². The first-order chi connectivity index (χ1) is 7.89. The SMILES string of the molecule is C=C[C@]1(C)C[C@@H]2OC(=O)[C@H](C)[C@@H]2C[C@H]1C(=C)C. The summed E-state index contributed by atoms with van der Waals surface area (Å²) in [5, 5.41) is 0. The highest BCUT2D eigenvalue weighted by Crippen LogP contribution is 2.52. The Morgan fingerprint density at radius 3 is 2.76 bits per heavy atom. The number of carbonyl (C=O) groups is 1. The van der Waals surface area contributed by atoms with Gasteiger partial charge in [0.2, 0.25) is 0 Å². The minimum atomic E-state index is -0.0335. The molecule has 0 radical (unpaired) electrons. The summed E-state index contributed by atoms with van der Waals surface area (Å²) in [6, 6.07) is 0. The maximum absolute atomic E-state index is 11.6. The first-order valence-electron chi connectivity index (χ1n) is 6.38. The summed E-state index contributed by atoms with van der Waals surface area (Å²) in [7, 11) is 0. The summed E-state index contributed by atoms with van der Waals surface area (Å²) in [5.41, 5.74) is 1.20. The van der Waals surface area contributed by atoms with Crippen molar-refractivity contribution in [2.24, 2.45) is 23.2 Å². The van der Waals surface area contributed by atoms with Crippen LogP contribution in [0, 0.1) is 23.2 Å². The van der Waals surface area contributed by atoms with Crippen LogP contribution in [0.3, 0.4) is 0 Å². The van der Waals surface area contributed by atoms with E-state index in [-0.39, 0.29) is 23.4 Å². The van der Waals surface area contributed by atoms with Gasteiger partial charge in [-0.1, -0.05) is 32.1 Å². The molecule has 0 amide bonds. The second-order valence-electron chi connectivity index (χ2n) is 5.98. The van der Waals surface area contributed by atoms with E-state index < -0.39 is 0 Å². The second-order valence-corrected chi connectivity index (χ2v) is 5.98. The number of hydrogen-bond acceptors (Lipinski definition) is 2. The zero-order valence-electron chi connectivity index (χ0n) is 11.0. The van der Waals surface area contributed by atoms with Crippen LogP contribution in [0.4, 0.5) is 0 Å². The summed E-state index contributed by atoms with van der Waals surface area (Å²) < 4.78 is 5.49. The molecule has 0 aromatic heterocycles. The van der Waals surface area contributed by atoms with Crippen molar-refractivity contribution in [2.75, 3.05) is 0 Å². The number of carbonyl (C=O) groups excluding carboxylic acids is 1. The van der Waals surface area contributed by atoms with Crippen LogP contribution >= 0.6 is 0 Å². The van der Waals surface area contributed by atoms with Gasteiger partial charge in [0.15, 0.2) is 0 Å². The highest BCUT2D eigenvalue weighted by molar-refractivity contribution is 5.75. The van der Waals surface area contributed by atoms with Crippen LogP contribution in [0.1, 0.15) is 33.6 Å². The zero-order valence-corrected chi connectivity index (χ0v) is 11.0. The van der Waals surface area contributed by atoms with Gasteiger partial charge in [0.05, 0.1) is 5.92 Å². The van der Waals surface area contributed by atoms with Crippen LogP contribution in [0.5, 0.6) is 0 Å². The van der Waals surface area contributed by atoms with Crippen LogP contribution in [-0.2, 0) is 9.53 Å². The smallest absolute Gasteiger partial charge is 0.309 e. The molecule has 5 atom stereocenters. The standard InChI is InChI=1S/C15H22O2/c1-6-15(5)8-13-11(7-12(15)9(2)3)10(4)14(16)17-13/h6,10-13H,1-2,7-8H2,3-5H3/t10-,11+,12+,13+,15-/m1/s1. The molecule has 2 aliphatic rings. The number of ether oxygens (including phenoxy) is 1. The fourth-order valence-corrected chi connectivity index (χ4v) is 3.50. The van der Waals surface area contributed by atoms with Crippen molar-refractivity contribution in [3.8, 4) is 0 Å². The van der Waals surface area contributed by atoms with E-state index in [1.165, 1.54) is 5.57 Å². The van der Waals surface area contributed by atoms with E-state index >= 15 is 0 Å². The second kappa shape index (κ2) is 4.01. The fraction of sp³-hybridized carbons (Fsp3) is 0.667. The predicted molar refractivity (Wildman–Crippen MR) is 68.4 cm³/mol. The van der Waals surface area contributed by atoms with Gasteiger partial charge < -0.3 is 4.74 Å². The van der Waals surface area contributed by atoms with Gasteiger partial charge in [-0.15, -0.1) is 6.58 Å². The molecular formula is C15H22O2. The quantitative estimate of drug-likeness (QED) is 0.541. The van der Waals surface area contributed by atoms with Crippen LogP contribution < -0.4 is 0 Å². The van der Waals surface area contributed by atoms with E-state index in [2.05, 4.69) is 27.0 Å². The Balaban J connectivity index is 2.29. The largest absolute Gasteiger partial charge is 0.462 e. The van der Waals surface area contributed by atoms with Crippen LogP contribution in [0.25, 0.3) is 0 Å². The molecule has 2 fully saturated rings. The number of rotatable bonds is 2. The molecule has 2 heteroatoms. The highest BCUT2D eigenvalue weighted by Gasteiger charge is 2.51. The summed E-state index contributed by atoms with van der Waals surface area (Å²) in [6.45, 7) is 14.3. The maximum Gasteiger partial charge on any atom is 0.309 e. The highest BCUT2D eigenvalue weighted by atomic mass is 16.6. The Morgan fingerprint density at radius 1 is 1.59 bits per heavy atom. The van der Waals surface area contributed by atoms with Gasteiger partial charge in [-0.05, 0) is 31.1 Å². The Hall–Kier alpha value is -1.05. The topological polar surface area (TPSA) is 26.3 Å². The van der Waals surface area contributed by atoms with Crippen molar-refractivity contribution in [3.63, 3.8) is 0 Å². The third-order valence-electron chi connectivity index (χ3n) is 4.77. The Morgan fingerprint density at radius 2 is 2.24 bits per heavy atom. The lowest BCUT2D eigenvalue weighted by molar-refractivity contribution is -0.145. The van der Waals surface area contributed by atoms with E-state index in [1.807, 2.05) is 13.0 Å². The van der Waals surface area contributed by atoms with Gasteiger partial charge >= 0.3 is 5.97 Å². The summed E-state index contributed by atoms with van der Waals surface area (Å²) in [5.74, 6) is 0.778. The lowest BCUT2D eigenvalue weighted by atomic mass is 9.60. The third kappa shape index (κ3) is 1.84. The van der Waals surface area contributed by atoms with Crippen LogP contribution in [0.2, 0.25) is 0 Å². The van der Waals surface area contributed by atoms with E-state index in [1.54, 1.807) is 0 Å². The monoisotopic (exact) mass is 234 g/mol. The summed E-state index contributed by atoms with van der Waals surface area (Å²) in [4.78, 5) is 11.6. The molecule has 94 valence electrons. The number of hydrogen-bond donors (Lipinski definition) is 0. The molecular weight excluding hydrogens is 212 g/mol. The number of esters is 1. The van der Waals surface area contributed by atoms with Crippen molar-refractivity contribution < 1.29 is 9.53 Å². The molecule has 0 unspecified atom stereocenters. The molecule has 1 saturated heterocycles. The van der Waals surface area contributed by atoms with Gasteiger partial charge in [-0.3, -0.25) is 4.79 Å². The van der Waals surface area contributed by atoms with Gasteiger partial charge in [-0.2, -0.15) is 0 Å². The Bertz CT molecular complexity index is 371. The van der Waals surface area contributed by atoms with Gasteiger partial charge in [-0.25, -0.2) is 0 Å². The molecule has 0 aromatic rings. The average Bonchev–Trinajstić information content (AvgIpc) is 2.53. The van der Waals surface area contributed by atoms with E-state index in [4.69, 9.17) is 4.74 Å². The van der Waals surface area contributed by atoms with Crippen molar-refractivity contribution >= 4 is 5.97 Å². The first kappa shape index (κ1) is 12.4. The minimum Gasteiger partial charge on any atom is -0.462 e. The molecule has 0 spiro atoms. The molecule has 17 heavy (non-hydrogen) atoms. The van der Waals surface area contributed by atoms with E-state index in [9.17, 15) is 4.79 Å². The van der Waals surface area contributed by atoms with Crippen molar-refractivity contribution in [3.05, 3.63) is 24.8 Å². The fourth-order valence-electron chi connectivity index (χ4n) is 3.50. The maximum atomic E-state index is 11.6. The number of fused-ring (bicyclic) bond motifs is 1. The molecule has 1 heterocycles. The van der Waals surface area contributed by atoms with E-state index in [0.717, 1.165) is 12.8 Å². The normalized spacial score (nSPS) is 45.0. The lowest BCUT2D eigenvalue weighted by Crippen LogP contribution is -2.41. The van der Waals surface area contributed by atoms with E-state index in [0.29, 0.717) is 11.8 Å². The molecule has 0 bridgehead atoms. The predicted octanol–water partition coefficient (Wildman–Crippen LogP) is 3.34. The van der Waals surface area contributed by atoms with Gasteiger partial charge in [0.25, 0.3) is 0 Å². The van der Waals surface area contributed by atoms with Crippen molar-refractivity contribution in [1.29, 1.82) is 0 Å². The Kier molecular flexibility index (Phi) is 2.92.